The molecule has 29 heavy (non-hydrogen) atoms. The first kappa shape index (κ1) is 20.2. The zero-order valence-electron chi connectivity index (χ0n) is 16.6. The van der Waals surface area contributed by atoms with Crippen molar-refractivity contribution in [3.63, 3.8) is 0 Å². The van der Waals surface area contributed by atoms with Crippen LogP contribution in [-0.4, -0.2) is 44.8 Å². The van der Waals surface area contributed by atoms with Crippen LogP contribution in [0.4, 0.5) is 0 Å². The van der Waals surface area contributed by atoms with E-state index in [9.17, 15) is 14.4 Å². The van der Waals surface area contributed by atoms with Crippen LogP contribution in [0.15, 0.2) is 35.1 Å². The lowest BCUT2D eigenvalue weighted by Gasteiger charge is -2.14. The van der Waals surface area contributed by atoms with Crippen molar-refractivity contribution >= 4 is 22.6 Å². The van der Waals surface area contributed by atoms with Crippen LogP contribution in [0.3, 0.4) is 0 Å². The SMILES string of the molecule is CC(C)c1cc(C(=O)NCC[C@H](C)NC(=O)c2n[nH]c(=O)c3ccccc23)n[nH]1. The summed E-state index contributed by atoms with van der Waals surface area (Å²) in [4.78, 5) is 36.6. The van der Waals surface area contributed by atoms with Gasteiger partial charge in [0, 0.05) is 23.7 Å². The van der Waals surface area contributed by atoms with Gasteiger partial charge in [0.15, 0.2) is 5.69 Å². The fraction of sp³-hybridized carbons (Fsp3) is 0.350. The number of hydrogen-bond donors (Lipinski definition) is 4. The molecule has 0 saturated carbocycles. The van der Waals surface area contributed by atoms with E-state index in [2.05, 4.69) is 31.0 Å². The molecular formula is C20H24N6O3. The number of benzene rings is 1. The molecule has 0 saturated heterocycles. The molecular weight excluding hydrogens is 372 g/mol. The molecule has 1 aromatic carbocycles. The number of fused-ring (bicyclic) bond motifs is 1. The second-order valence-corrected chi connectivity index (χ2v) is 7.23. The monoisotopic (exact) mass is 396 g/mol. The molecule has 0 spiro atoms. The number of nitrogens with zero attached hydrogens (tertiary/aromatic N) is 2. The second kappa shape index (κ2) is 8.68. The number of H-pyrrole nitrogens is 2. The smallest absolute Gasteiger partial charge is 0.272 e. The van der Waals surface area contributed by atoms with Gasteiger partial charge in [0.05, 0.1) is 5.39 Å². The topological polar surface area (TPSA) is 133 Å². The number of carbonyl (C=O) groups excluding carboxylic acids is 2. The summed E-state index contributed by atoms with van der Waals surface area (Å²) in [6.07, 6.45) is 0.528. The second-order valence-electron chi connectivity index (χ2n) is 7.23. The number of aromatic nitrogens is 4. The number of rotatable bonds is 7. The van der Waals surface area contributed by atoms with E-state index in [1.165, 1.54) is 0 Å². The van der Waals surface area contributed by atoms with E-state index in [0.717, 1.165) is 5.69 Å². The Morgan fingerprint density at radius 1 is 1.03 bits per heavy atom. The van der Waals surface area contributed by atoms with Crippen molar-refractivity contribution in [2.75, 3.05) is 6.54 Å². The van der Waals surface area contributed by atoms with Crippen LogP contribution in [0, 0.1) is 0 Å². The van der Waals surface area contributed by atoms with Gasteiger partial charge in [-0.25, -0.2) is 5.10 Å². The lowest BCUT2D eigenvalue weighted by atomic mass is 10.1. The van der Waals surface area contributed by atoms with E-state index in [0.29, 0.717) is 29.4 Å². The Bertz CT molecular complexity index is 1090. The van der Waals surface area contributed by atoms with E-state index >= 15 is 0 Å². The minimum Gasteiger partial charge on any atom is -0.351 e. The molecule has 0 unspecified atom stereocenters. The summed E-state index contributed by atoms with van der Waals surface area (Å²) in [5.41, 5.74) is 1.06. The molecule has 3 rings (SSSR count). The fourth-order valence-electron chi connectivity index (χ4n) is 2.89. The number of hydrogen-bond acceptors (Lipinski definition) is 5. The van der Waals surface area contributed by atoms with Crippen molar-refractivity contribution in [1.29, 1.82) is 0 Å². The Kier molecular flexibility index (Phi) is 6.06. The minimum atomic E-state index is -0.384. The van der Waals surface area contributed by atoms with Crippen molar-refractivity contribution in [2.24, 2.45) is 0 Å². The molecule has 0 aliphatic rings. The lowest BCUT2D eigenvalue weighted by molar-refractivity contribution is 0.0933. The first-order valence-electron chi connectivity index (χ1n) is 9.48. The van der Waals surface area contributed by atoms with Gasteiger partial charge >= 0.3 is 0 Å². The molecule has 152 valence electrons. The molecule has 3 aromatic rings. The van der Waals surface area contributed by atoms with Crippen LogP contribution in [0.5, 0.6) is 0 Å². The molecule has 9 nitrogen and oxygen atoms in total. The number of nitrogens with one attached hydrogen (secondary N) is 4. The molecule has 0 aliphatic carbocycles. The maximum atomic E-state index is 12.6. The summed E-state index contributed by atoms with van der Waals surface area (Å²) >= 11 is 0. The van der Waals surface area contributed by atoms with Gasteiger partial charge in [-0.2, -0.15) is 10.2 Å². The van der Waals surface area contributed by atoms with E-state index in [1.807, 2.05) is 20.8 Å². The van der Waals surface area contributed by atoms with Crippen LogP contribution in [-0.2, 0) is 0 Å². The molecule has 9 heteroatoms. The predicted molar refractivity (Wildman–Crippen MR) is 109 cm³/mol. The van der Waals surface area contributed by atoms with Gasteiger partial charge in [-0.3, -0.25) is 19.5 Å². The van der Waals surface area contributed by atoms with Crippen molar-refractivity contribution in [3.8, 4) is 0 Å². The Balaban J connectivity index is 1.55. The Morgan fingerprint density at radius 3 is 2.45 bits per heavy atom. The molecule has 0 fully saturated rings. The Hall–Kier alpha value is -3.49. The average Bonchev–Trinajstić information content (AvgIpc) is 3.19. The molecule has 2 heterocycles. The highest BCUT2D eigenvalue weighted by Crippen LogP contribution is 2.13. The van der Waals surface area contributed by atoms with E-state index in [1.54, 1.807) is 30.3 Å². The van der Waals surface area contributed by atoms with Crippen LogP contribution >= 0.6 is 0 Å². The first-order chi connectivity index (χ1) is 13.9. The molecule has 0 radical (unpaired) electrons. The summed E-state index contributed by atoms with van der Waals surface area (Å²) in [5.74, 6) is -0.387. The highest BCUT2D eigenvalue weighted by molar-refractivity contribution is 6.04. The van der Waals surface area contributed by atoms with Gasteiger partial charge in [-0.05, 0) is 31.4 Å². The largest absolute Gasteiger partial charge is 0.351 e. The summed E-state index contributed by atoms with van der Waals surface area (Å²) in [5, 5.41) is 19.7. The van der Waals surface area contributed by atoms with Crippen molar-refractivity contribution < 1.29 is 9.59 Å². The maximum Gasteiger partial charge on any atom is 0.272 e. The number of amides is 2. The Labute approximate surface area is 167 Å². The summed E-state index contributed by atoms with van der Waals surface area (Å²) in [7, 11) is 0. The lowest BCUT2D eigenvalue weighted by Crippen LogP contribution is -2.37. The summed E-state index contributed by atoms with van der Waals surface area (Å²) < 4.78 is 0. The highest BCUT2D eigenvalue weighted by atomic mass is 16.2. The van der Waals surface area contributed by atoms with Gasteiger partial charge in [0.25, 0.3) is 17.4 Å². The highest BCUT2D eigenvalue weighted by Gasteiger charge is 2.17. The van der Waals surface area contributed by atoms with E-state index in [-0.39, 0.29) is 35.0 Å². The van der Waals surface area contributed by atoms with Crippen molar-refractivity contribution in [3.05, 3.63) is 57.8 Å². The first-order valence-corrected chi connectivity index (χ1v) is 9.48. The molecule has 2 aromatic heterocycles. The van der Waals surface area contributed by atoms with Crippen LogP contribution in [0.25, 0.3) is 10.8 Å². The standard InChI is InChI=1S/C20H24N6O3/c1-11(2)15-10-16(24-23-15)19(28)21-9-8-12(3)22-20(29)17-13-6-4-5-7-14(13)18(27)26-25-17/h4-7,10-12H,8-9H2,1-3H3,(H,21,28)(H,22,29)(H,23,24)(H,26,27)/t12-/m0/s1. The zero-order valence-corrected chi connectivity index (χ0v) is 16.6. The van der Waals surface area contributed by atoms with Gasteiger partial charge in [0.2, 0.25) is 0 Å². The van der Waals surface area contributed by atoms with Crippen LogP contribution in [0.2, 0.25) is 0 Å². The molecule has 4 N–H and O–H groups in total. The number of aromatic amines is 2. The van der Waals surface area contributed by atoms with Gasteiger partial charge in [0.1, 0.15) is 5.69 Å². The number of carbonyl (C=O) groups is 2. The van der Waals surface area contributed by atoms with Crippen molar-refractivity contribution in [1.82, 2.24) is 31.0 Å². The Morgan fingerprint density at radius 2 is 1.76 bits per heavy atom. The zero-order chi connectivity index (χ0) is 21.0. The third kappa shape index (κ3) is 4.68. The maximum absolute atomic E-state index is 12.6. The molecule has 2 amide bonds. The van der Waals surface area contributed by atoms with Gasteiger partial charge in [-0.15, -0.1) is 0 Å². The molecule has 1 atom stereocenters. The third-order valence-electron chi connectivity index (χ3n) is 4.60. The van der Waals surface area contributed by atoms with Gasteiger partial charge in [-0.1, -0.05) is 32.0 Å². The molecule has 0 aliphatic heterocycles. The summed E-state index contributed by atoms with van der Waals surface area (Å²) in [6, 6.07) is 8.34. The average molecular weight is 396 g/mol. The minimum absolute atomic E-state index is 0.161. The van der Waals surface area contributed by atoms with Crippen molar-refractivity contribution in [2.45, 2.75) is 39.2 Å². The van der Waals surface area contributed by atoms with Gasteiger partial charge < -0.3 is 10.6 Å². The summed E-state index contributed by atoms with van der Waals surface area (Å²) in [6.45, 7) is 6.24. The van der Waals surface area contributed by atoms with E-state index < -0.39 is 0 Å². The molecule has 0 bridgehead atoms. The quantitative estimate of drug-likeness (QED) is 0.483. The fourth-order valence-corrected chi connectivity index (χ4v) is 2.89. The van der Waals surface area contributed by atoms with Crippen LogP contribution < -0.4 is 16.2 Å². The van der Waals surface area contributed by atoms with E-state index in [4.69, 9.17) is 0 Å². The normalized spacial score (nSPS) is 12.1. The predicted octanol–water partition coefficient (Wildman–Crippen LogP) is 1.71. The van der Waals surface area contributed by atoms with Crippen LogP contribution in [0.1, 0.15) is 59.8 Å². The third-order valence-corrected chi connectivity index (χ3v) is 4.60.